The first kappa shape index (κ1) is 49.2. The average Bonchev–Trinajstić information content (AvgIpc) is 3.89. The number of aliphatic hydroxyl groups excluding tert-OH is 1. The van der Waals surface area contributed by atoms with Gasteiger partial charge in [0.2, 0.25) is 0 Å². The highest BCUT2D eigenvalue weighted by Gasteiger charge is 2.60. The minimum atomic E-state index is -1.47. The molecule has 1 N–H and O–H groups in total. The number of pyridine rings is 1. The maximum absolute atomic E-state index is 14.8. The summed E-state index contributed by atoms with van der Waals surface area (Å²) in [6.07, 6.45) is 1.30. The van der Waals surface area contributed by atoms with Crippen LogP contribution in [-0.2, 0) is 38.1 Å². The van der Waals surface area contributed by atoms with Gasteiger partial charge in [0.25, 0.3) is 5.91 Å². The highest BCUT2D eigenvalue weighted by Crippen LogP contribution is 2.43. The minimum Gasteiger partial charge on any atom is -0.458 e. The van der Waals surface area contributed by atoms with Crippen LogP contribution in [0.2, 0.25) is 0 Å². The number of carbonyl (C=O) groups is 5. The van der Waals surface area contributed by atoms with Gasteiger partial charge in [-0.05, 0) is 85.5 Å². The van der Waals surface area contributed by atoms with E-state index in [0.717, 1.165) is 0 Å². The largest absolute Gasteiger partial charge is 0.458 e. The molecule has 0 radical (unpaired) electrons. The standard InChI is InChI=1S/C45H67N5O11S/c1-12-33-45(9)37(49(43(56)61-45)20-14-15-21-50(42-47-19-22-62-42)39(54)31-17-16-18-46-25-31)28(5)34(51)26(3)24-44(8,57-11)38(29(6)35(52)30(7)40(55)59-33)60-41-36(53)32(48(10)13-2)23-27(4)58-41/h16-19,22,25-30,32-33,36-38,41,53H,12-15,20-21,23-24H2,1-11H3/t26-,27-,28+,29+,30-,32+,33-,36-,37+,38-,41+,44-,45-/m1/s1. The smallest absolute Gasteiger partial charge is 0.410 e. The number of methoxy groups -OCH3 is 1. The first-order valence-corrected chi connectivity index (χ1v) is 22.8. The third-order valence-electron chi connectivity index (χ3n) is 13.4. The van der Waals surface area contributed by atoms with Crippen LogP contribution in [0.5, 0.6) is 0 Å². The summed E-state index contributed by atoms with van der Waals surface area (Å²) in [5, 5.41) is 13.9. The summed E-state index contributed by atoms with van der Waals surface area (Å²) < 4.78 is 31.4. The molecule has 0 bridgehead atoms. The Balaban J connectivity index is 1.45. The second-order valence-corrected chi connectivity index (χ2v) is 18.6. The minimum absolute atomic E-state index is 0.0947. The van der Waals surface area contributed by atoms with Crippen molar-refractivity contribution in [2.75, 3.05) is 38.7 Å². The number of carbonyl (C=O) groups excluding carboxylic acids is 5. The van der Waals surface area contributed by atoms with Gasteiger partial charge >= 0.3 is 12.1 Å². The number of hydrogen-bond acceptors (Lipinski definition) is 15. The lowest BCUT2D eigenvalue weighted by Crippen LogP contribution is -2.60. The number of aromatic nitrogens is 2. The van der Waals surface area contributed by atoms with E-state index in [1.165, 1.54) is 31.6 Å². The molecule has 0 unspecified atom stereocenters. The zero-order chi connectivity index (χ0) is 45.7. The van der Waals surface area contributed by atoms with Crippen LogP contribution in [0.15, 0.2) is 36.1 Å². The molecule has 13 atom stereocenters. The average molecular weight is 886 g/mol. The lowest BCUT2D eigenvalue weighted by atomic mass is 9.73. The molecule has 344 valence electrons. The molecule has 5 rings (SSSR count). The number of nitrogens with zero attached hydrogens (tertiary/aromatic N) is 5. The fourth-order valence-corrected chi connectivity index (χ4v) is 10.4. The number of esters is 1. The molecule has 3 aliphatic heterocycles. The van der Waals surface area contributed by atoms with E-state index in [-0.39, 0.29) is 43.2 Å². The van der Waals surface area contributed by atoms with E-state index in [9.17, 15) is 29.1 Å². The van der Waals surface area contributed by atoms with Gasteiger partial charge in [-0.1, -0.05) is 34.6 Å². The number of likely N-dealkylation sites (N-methyl/N-ethyl adjacent to an activating group) is 1. The molecule has 62 heavy (non-hydrogen) atoms. The molecule has 0 aromatic carbocycles. The first-order valence-electron chi connectivity index (χ1n) is 22.0. The monoisotopic (exact) mass is 885 g/mol. The molecule has 3 aliphatic rings. The van der Waals surface area contributed by atoms with Gasteiger partial charge in [0.05, 0.1) is 29.4 Å². The number of ketones is 2. The van der Waals surface area contributed by atoms with Gasteiger partial charge in [-0.15, -0.1) is 11.3 Å². The van der Waals surface area contributed by atoms with E-state index in [1.54, 1.807) is 81.2 Å². The summed E-state index contributed by atoms with van der Waals surface area (Å²) in [5.41, 5.74) is -2.36. The van der Waals surface area contributed by atoms with Crippen LogP contribution in [0.4, 0.5) is 9.93 Å². The van der Waals surface area contributed by atoms with Crippen LogP contribution in [0.25, 0.3) is 0 Å². The zero-order valence-electron chi connectivity index (χ0n) is 38.1. The molecule has 2 aromatic heterocycles. The van der Waals surface area contributed by atoms with Crippen LogP contribution in [0.1, 0.15) is 105 Å². The van der Waals surface area contributed by atoms with Crippen LogP contribution in [0.3, 0.4) is 0 Å². The Bertz CT molecular complexity index is 1860. The number of anilines is 1. The Morgan fingerprint density at radius 2 is 1.77 bits per heavy atom. The highest BCUT2D eigenvalue weighted by molar-refractivity contribution is 7.13. The van der Waals surface area contributed by atoms with E-state index >= 15 is 0 Å². The molecule has 16 nitrogen and oxygen atoms in total. The maximum Gasteiger partial charge on any atom is 0.410 e. The van der Waals surface area contributed by atoms with Crippen molar-refractivity contribution in [2.45, 2.75) is 148 Å². The fraction of sp³-hybridized carbons (Fsp3) is 0.711. The molecule has 17 heteroatoms. The number of aliphatic hydroxyl groups is 1. The predicted molar refractivity (Wildman–Crippen MR) is 231 cm³/mol. The van der Waals surface area contributed by atoms with Crippen molar-refractivity contribution in [3.05, 3.63) is 41.7 Å². The normalized spacial score (nSPS) is 35.0. The number of unbranched alkanes of at least 4 members (excludes halogenated alkanes) is 1. The number of amides is 2. The van der Waals surface area contributed by atoms with Crippen LogP contribution < -0.4 is 4.90 Å². The van der Waals surface area contributed by atoms with Gasteiger partial charge < -0.3 is 38.6 Å². The number of ether oxygens (including phenoxy) is 5. The highest BCUT2D eigenvalue weighted by atomic mass is 32.1. The summed E-state index contributed by atoms with van der Waals surface area (Å²) >= 11 is 1.34. The van der Waals surface area contributed by atoms with Gasteiger partial charge in [0.1, 0.15) is 23.9 Å². The summed E-state index contributed by atoms with van der Waals surface area (Å²) in [4.78, 5) is 84.5. The second kappa shape index (κ2) is 20.8. The SMILES string of the molecule is CC[C@H]1OC(=O)[C@H](C)C(=O)[C@H](C)[C@@H](O[C@@H]2O[C@H](C)C[C@H](N(C)CC)[C@H]2O)[C@](C)(OC)C[C@@H](C)C(=O)[C@H](C)[C@@H]2N(CCCCN(C(=O)c3cccnc3)c3nccs3)C(=O)O[C@@]21C. The Morgan fingerprint density at radius 1 is 1.05 bits per heavy atom. The van der Waals surface area contributed by atoms with Gasteiger partial charge in [-0.3, -0.25) is 29.1 Å². The number of hydrogen-bond donors (Lipinski definition) is 1. The lowest BCUT2D eigenvalue weighted by molar-refractivity contribution is -0.296. The molecule has 3 fully saturated rings. The third-order valence-corrected chi connectivity index (χ3v) is 14.2. The Hall–Kier alpha value is -3.87. The molecule has 3 saturated heterocycles. The molecule has 0 spiro atoms. The van der Waals surface area contributed by atoms with Gasteiger partial charge in [-0.2, -0.15) is 0 Å². The van der Waals surface area contributed by atoms with E-state index in [2.05, 4.69) is 9.97 Å². The quantitative estimate of drug-likeness (QED) is 0.150. The zero-order valence-corrected chi connectivity index (χ0v) is 39.0. The van der Waals surface area contributed by atoms with Crippen molar-refractivity contribution in [3.8, 4) is 0 Å². The van der Waals surface area contributed by atoms with E-state index in [4.69, 9.17) is 23.7 Å². The predicted octanol–water partition coefficient (Wildman–Crippen LogP) is 5.56. The molecule has 0 saturated carbocycles. The fourth-order valence-electron chi connectivity index (χ4n) is 9.70. The molecule has 0 aliphatic carbocycles. The van der Waals surface area contributed by atoms with Crippen molar-refractivity contribution in [3.63, 3.8) is 0 Å². The summed E-state index contributed by atoms with van der Waals surface area (Å²) in [6.45, 7) is 17.0. The topological polar surface area (TPSA) is 187 Å². The Morgan fingerprint density at radius 3 is 2.39 bits per heavy atom. The number of thiazole rings is 1. The number of fused-ring (bicyclic) bond motifs is 1. The van der Waals surface area contributed by atoms with Gasteiger partial charge in [-0.25, -0.2) is 9.78 Å². The van der Waals surface area contributed by atoms with Crippen molar-refractivity contribution >= 4 is 46.0 Å². The van der Waals surface area contributed by atoms with Crippen molar-refractivity contribution in [1.29, 1.82) is 0 Å². The summed E-state index contributed by atoms with van der Waals surface area (Å²) in [6, 6.07) is 2.23. The molecule has 5 heterocycles. The lowest BCUT2D eigenvalue weighted by Gasteiger charge is -2.47. The van der Waals surface area contributed by atoms with Crippen molar-refractivity contribution < 1.29 is 52.8 Å². The number of cyclic esters (lactones) is 1. The van der Waals surface area contributed by atoms with Gasteiger partial charge in [0.15, 0.2) is 22.8 Å². The van der Waals surface area contributed by atoms with Crippen LogP contribution in [-0.4, -0.2) is 142 Å². The molecule has 2 amide bonds. The Kier molecular flexibility index (Phi) is 16.5. The molecule has 2 aromatic rings. The second-order valence-electron chi connectivity index (χ2n) is 17.7. The summed E-state index contributed by atoms with van der Waals surface area (Å²) in [5.74, 6) is -5.48. The van der Waals surface area contributed by atoms with E-state index in [1.807, 2.05) is 25.8 Å². The summed E-state index contributed by atoms with van der Waals surface area (Å²) in [7, 11) is 3.40. The third kappa shape index (κ3) is 10.2. The Labute approximate surface area is 370 Å². The van der Waals surface area contributed by atoms with Crippen LogP contribution >= 0.6 is 11.3 Å². The first-order chi connectivity index (χ1) is 29.3. The van der Waals surface area contributed by atoms with E-state index < -0.39 is 83.4 Å². The number of rotatable bonds is 13. The van der Waals surface area contributed by atoms with Crippen molar-refractivity contribution in [2.24, 2.45) is 23.7 Å². The molecular formula is C45H67N5O11S. The molecular weight excluding hydrogens is 819 g/mol. The van der Waals surface area contributed by atoms with Crippen LogP contribution in [0, 0.1) is 23.7 Å². The van der Waals surface area contributed by atoms with E-state index in [0.29, 0.717) is 43.0 Å². The van der Waals surface area contributed by atoms with Crippen molar-refractivity contribution in [1.82, 2.24) is 19.8 Å². The maximum atomic E-state index is 14.8. The number of Topliss-reactive ketones (excluding diaryl/α,β-unsaturated/α-hetero) is 2. The van der Waals surface area contributed by atoms with Gasteiger partial charge in [0, 0.05) is 68.0 Å².